The van der Waals surface area contributed by atoms with Gasteiger partial charge in [0.25, 0.3) is 5.69 Å². The molecule has 1 aromatic heterocycles. The molecule has 0 amide bonds. The number of anilines is 1. The first kappa shape index (κ1) is 23.5. The summed E-state index contributed by atoms with van der Waals surface area (Å²) in [6.07, 6.45) is -3.61. The SMILES string of the molecule is Cc1ccc(C(c2cc([N+](=O)[O-])ccc2O)N2CCN(c3ccc(C(F)(F)F)cn3)CC2)cc1. The second kappa shape index (κ2) is 9.30. The lowest BCUT2D eigenvalue weighted by atomic mass is 9.94. The van der Waals surface area contributed by atoms with E-state index in [1.165, 1.54) is 24.3 Å². The number of hydrogen-bond acceptors (Lipinski definition) is 6. The highest BCUT2D eigenvalue weighted by Crippen LogP contribution is 2.37. The van der Waals surface area contributed by atoms with E-state index in [0.29, 0.717) is 37.6 Å². The highest BCUT2D eigenvalue weighted by atomic mass is 19.4. The van der Waals surface area contributed by atoms with Crippen molar-refractivity contribution >= 4 is 11.5 Å². The molecule has 0 aliphatic carbocycles. The van der Waals surface area contributed by atoms with Gasteiger partial charge in [-0.2, -0.15) is 13.2 Å². The zero-order chi connectivity index (χ0) is 24.5. The Bertz CT molecular complexity index is 1160. The van der Waals surface area contributed by atoms with Gasteiger partial charge < -0.3 is 10.0 Å². The molecule has 1 fully saturated rings. The molecule has 7 nitrogen and oxygen atoms in total. The van der Waals surface area contributed by atoms with Crippen molar-refractivity contribution in [2.75, 3.05) is 31.1 Å². The molecule has 34 heavy (non-hydrogen) atoms. The molecule has 4 rings (SSSR count). The van der Waals surface area contributed by atoms with E-state index in [1.54, 1.807) is 0 Å². The monoisotopic (exact) mass is 472 g/mol. The van der Waals surface area contributed by atoms with E-state index in [-0.39, 0.29) is 11.4 Å². The first-order valence-electron chi connectivity index (χ1n) is 10.7. The second-order valence-electron chi connectivity index (χ2n) is 8.24. The minimum atomic E-state index is -4.44. The molecule has 1 aliphatic rings. The molecule has 178 valence electrons. The van der Waals surface area contributed by atoms with Crippen molar-refractivity contribution in [3.05, 3.63) is 93.2 Å². The van der Waals surface area contributed by atoms with Crippen molar-refractivity contribution in [1.29, 1.82) is 0 Å². The van der Waals surface area contributed by atoms with Crippen molar-refractivity contribution in [2.24, 2.45) is 0 Å². The van der Waals surface area contributed by atoms with Gasteiger partial charge in [-0.3, -0.25) is 15.0 Å². The van der Waals surface area contributed by atoms with Gasteiger partial charge in [-0.25, -0.2) is 4.98 Å². The number of piperazine rings is 1. The van der Waals surface area contributed by atoms with Crippen LogP contribution in [0.25, 0.3) is 0 Å². The van der Waals surface area contributed by atoms with E-state index in [1.807, 2.05) is 36.1 Å². The molecule has 1 unspecified atom stereocenters. The lowest BCUT2D eigenvalue weighted by Gasteiger charge is -2.40. The Balaban J connectivity index is 1.60. The van der Waals surface area contributed by atoms with Gasteiger partial charge in [0.05, 0.1) is 16.5 Å². The van der Waals surface area contributed by atoms with E-state index < -0.39 is 22.7 Å². The van der Waals surface area contributed by atoms with Gasteiger partial charge in [-0.1, -0.05) is 29.8 Å². The van der Waals surface area contributed by atoms with Crippen LogP contribution in [0.1, 0.15) is 28.3 Å². The van der Waals surface area contributed by atoms with Crippen LogP contribution < -0.4 is 4.90 Å². The first-order chi connectivity index (χ1) is 16.1. The minimum Gasteiger partial charge on any atom is -0.508 e. The number of aromatic hydroxyl groups is 1. The fourth-order valence-electron chi connectivity index (χ4n) is 4.16. The van der Waals surface area contributed by atoms with Crippen molar-refractivity contribution in [1.82, 2.24) is 9.88 Å². The van der Waals surface area contributed by atoms with Crippen LogP contribution in [0.3, 0.4) is 0 Å². The molecule has 0 saturated carbocycles. The fraction of sp³-hybridized carbons (Fsp3) is 0.292. The number of halogens is 3. The quantitative estimate of drug-likeness (QED) is 0.419. The van der Waals surface area contributed by atoms with Crippen molar-refractivity contribution in [3.63, 3.8) is 0 Å². The van der Waals surface area contributed by atoms with Crippen LogP contribution in [0.4, 0.5) is 24.7 Å². The number of aromatic nitrogens is 1. The summed E-state index contributed by atoms with van der Waals surface area (Å²) in [4.78, 5) is 18.8. The molecule has 0 radical (unpaired) electrons. The number of aryl methyl sites for hydroxylation is 1. The minimum absolute atomic E-state index is 0.0389. The summed E-state index contributed by atoms with van der Waals surface area (Å²) in [6, 6.07) is 13.7. The van der Waals surface area contributed by atoms with E-state index in [4.69, 9.17) is 0 Å². The molecule has 2 heterocycles. The molecule has 0 bridgehead atoms. The van der Waals surface area contributed by atoms with Gasteiger partial charge >= 0.3 is 6.18 Å². The zero-order valence-electron chi connectivity index (χ0n) is 18.4. The summed E-state index contributed by atoms with van der Waals surface area (Å²) in [5.74, 6) is 0.417. The number of benzene rings is 2. The Kier molecular flexibility index (Phi) is 6.43. The molecule has 1 aliphatic heterocycles. The number of phenols is 1. The van der Waals surface area contributed by atoms with Crippen molar-refractivity contribution < 1.29 is 23.2 Å². The summed E-state index contributed by atoms with van der Waals surface area (Å²) in [6.45, 7) is 3.99. The summed E-state index contributed by atoms with van der Waals surface area (Å²) in [5.41, 5.74) is 1.46. The smallest absolute Gasteiger partial charge is 0.417 e. The molecule has 1 atom stereocenters. The van der Waals surface area contributed by atoms with Crippen LogP contribution in [-0.4, -0.2) is 46.1 Å². The number of hydrogen-bond donors (Lipinski definition) is 1. The van der Waals surface area contributed by atoms with Gasteiger partial charge in [0.15, 0.2) is 0 Å². The summed E-state index contributed by atoms with van der Waals surface area (Å²) >= 11 is 0. The number of alkyl halides is 3. The molecule has 10 heteroatoms. The van der Waals surface area contributed by atoms with E-state index in [9.17, 15) is 28.4 Å². The third-order valence-electron chi connectivity index (χ3n) is 5.99. The number of rotatable bonds is 5. The van der Waals surface area contributed by atoms with Crippen LogP contribution in [-0.2, 0) is 6.18 Å². The average Bonchev–Trinajstić information content (AvgIpc) is 2.81. The van der Waals surface area contributed by atoms with E-state index in [0.717, 1.165) is 23.4 Å². The van der Waals surface area contributed by atoms with Crippen LogP contribution in [0.15, 0.2) is 60.8 Å². The Morgan fingerprint density at radius 1 is 1.03 bits per heavy atom. The first-order valence-corrected chi connectivity index (χ1v) is 10.7. The van der Waals surface area contributed by atoms with Gasteiger partial charge in [0.2, 0.25) is 0 Å². The summed E-state index contributed by atoms with van der Waals surface area (Å²) in [7, 11) is 0. The summed E-state index contributed by atoms with van der Waals surface area (Å²) < 4.78 is 38.5. The summed E-state index contributed by atoms with van der Waals surface area (Å²) in [5, 5.41) is 22.0. The van der Waals surface area contributed by atoms with Crippen molar-refractivity contribution in [2.45, 2.75) is 19.1 Å². The number of pyridine rings is 1. The number of phenolic OH excluding ortho intramolecular Hbond substituents is 1. The van der Waals surface area contributed by atoms with E-state index in [2.05, 4.69) is 9.88 Å². The largest absolute Gasteiger partial charge is 0.508 e. The predicted octanol–water partition coefficient (Wildman–Crippen LogP) is 4.93. The van der Waals surface area contributed by atoms with E-state index >= 15 is 0 Å². The Morgan fingerprint density at radius 2 is 1.71 bits per heavy atom. The topological polar surface area (TPSA) is 82.7 Å². The third-order valence-corrected chi connectivity index (χ3v) is 5.99. The number of nitro benzene ring substituents is 1. The average molecular weight is 472 g/mol. The van der Waals surface area contributed by atoms with Crippen LogP contribution in [0.5, 0.6) is 5.75 Å². The lowest BCUT2D eigenvalue weighted by molar-refractivity contribution is -0.385. The van der Waals surface area contributed by atoms with Crippen molar-refractivity contribution in [3.8, 4) is 5.75 Å². The Hall–Kier alpha value is -3.66. The zero-order valence-corrected chi connectivity index (χ0v) is 18.4. The predicted molar refractivity (Wildman–Crippen MR) is 121 cm³/mol. The third kappa shape index (κ3) is 4.96. The maximum absolute atomic E-state index is 12.8. The number of nitro groups is 1. The fourth-order valence-corrected chi connectivity index (χ4v) is 4.16. The Labute approximate surface area is 194 Å². The maximum Gasteiger partial charge on any atom is 0.417 e. The molecule has 1 saturated heterocycles. The van der Waals surface area contributed by atoms with Crippen LogP contribution in [0, 0.1) is 17.0 Å². The van der Waals surface area contributed by atoms with Crippen LogP contribution in [0.2, 0.25) is 0 Å². The molecular weight excluding hydrogens is 449 g/mol. The number of non-ortho nitro benzene ring substituents is 1. The van der Waals surface area contributed by atoms with Gasteiger partial charge in [-0.05, 0) is 30.7 Å². The van der Waals surface area contributed by atoms with Gasteiger partial charge in [-0.15, -0.1) is 0 Å². The maximum atomic E-state index is 12.8. The molecule has 2 aromatic carbocycles. The molecule has 0 spiro atoms. The Morgan fingerprint density at radius 3 is 2.26 bits per heavy atom. The standard InChI is InChI=1S/C24H23F3N4O3/c1-16-2-4-17(5-3-16)23(20-14-19(31(33)34)7-8-21(20)32)30-12-10-29(11-13-30)22-9-6-18(15-28-22)24(25,26)27/h2-9,14-15,23,32H,10-13H2,1H3. The number of nitrogens with zero attached hydrogens (tertiary/aromatic N) is 4. The van der Waals surface area contributed by atoms with Crippen LogP contribution >= 0.6 is 0 Å². The second-order valence-corrected chi connectivity index (χ2v) is 8.24. The highest BCUT2D eigenvalue weighted by molar-refractivity contribution is 5.48. The molecule has 1 N–H and O–H groups in total. The lowest BCUT2D eigenvalue weighted by Crippen LogP contribution is -2.48. The normalized spacial score (nSPS) is 15.8. The molecular formula is C24H23F3N4O3. The van der Waals surface area contributed by atoms with Gasteiger partial charge in [0.1, 0.15) is 11.6 Å². The molecule has 3 aromatic rings. The van der Waals surface area contributed by atoms with Gasteiger partial charge in [0, 0.05) is 50.1 Å². The highest BCUT2D eigenvalue weighted by Gasteiger charge is 2.32.